The van der Waals surface area contributed by atoms with Gasteiger partial charge in [-0.15, -0.1) is 0 Å². The van der Waals surface area contributed by atoms with Crippen molar-refractivity contribution in [3.63, 3.8) is 0 Å². The fourth-order valence-corrected chi connectivity index (χ4v) is 3.36. The third-order valence-electron chi connectivity index (χ3n) is 4.70. The van der Waals surface area contributed by atoms with Gasteiger partial charge in [0.05, 0.1) is 14.2 Å². The molecule has 3 aromatic rings. The SMILES string of the molecule is COc1ccc(N2C[C@@H](c3noc(-c4ccc(Cl)cc4)n3)CC2=O)cc1OC. The van der Waals surface area contributed by atoms with Crippen LogP contribution in [0.4, 0.5) is 5.69 Å². The zero-order valence-corrected chi connectivity index (χ0v) is 16.1. The Balaban J connectivity index is 1.55. The number of hydrogen-bond donors (Lipinski definition) is 0. The maximum Gasteiger partial charge on any atom is 0.257 e. The highest BCUT2D eigenvalue weighted by molar-refractivity contribution is 6.30. The van der Waals surface area contributed by atoms with E-state index in [1.54, 1.807) is 43.4 Å². The maximum atomic E-state index is 12.6. The van der Waals surface area contributed by atoms with Gasteiger partial charge in [0.1, 0.15) is 0 Å². The van der Waals surface area contributed by atoms with Crippen molar-refractivity contribution in [2.75, 3.05) is 25.7 Å². The van der Waals surface area contributed by atoms with Gasteiger partial charge in [0.15, 0.2) is 17.3 Å². The third-order valence-corrected chi connectivity index (χ3v) is 4.95. The first-order valence-corrected chi connectivity index (χ1v) is 9.08. The molecule has 1 aliphatic heterocycles. The summed E-state index contributed by atoms with van der Waals surface area (Å²) in [6.45, 7) is 0.466. The molecule has 1 saturated heterocycles. The van der Waals surface area contributed by atoms with Crippen LogP contribution < -0.4 is 14.4 Å². The van der Waals surface area contributed by atoms with Gasteiger partial charge in [-0.05, 0) is 36.4 Å². The van der Waals surface area contributed by atoms with Crippen LogP contribution in [0.25, 0.3) is 11.5 Å². The molecule has 1 amide bonds. The predicted octanol–water partition coefficient (Wildman–Crippen LogP) is 3.93. The first kappa shape index (κ1) is 18.3. The molecule has 0 radical (unpaired) electrons. The Morgan fingerprint density at radius 2 is 1.86 bits per heavy atom. The number of nitrogens with zero attached hydrogens (tertiary/aromatic N) is 3. The summed E-state index contributed by atoms with van der Waals surface area (Å²) >= 11 is 5.91. The molecular weight excluding hydrogens is 382 g/mol. The topological polar surface area (TPSA) is 77.7 Å². The lowest BCUT2D eigenvalue weighted by Crippen LogP contribution is -2.24. The molecule has 0 aliphatic carbocycles. The molecule has 8 heteroatoms. The van der Waals surface area contributed by atoms with Crippen molar-refractivity contribution in [1.82, 2.24) is 10.1 Å². The second-order valence-electron chi connectivity index (χ2n) is 6.41. The van der Waals surface area contributed by atoms with Crippen molar-refractivity contribution in [2.24, 2.45) is 0 Å². The van der Waals surface area contributed by atoms with E-state index in [9.17, 15) is 4.79 Å². The lowest BCUT2D eigenvalue weighted by molar-refractivity contribution is -0.117. The number of carbonyl (C=O) groups is 1. The lowest BCUT2D eigenvalue weighted by atomic mass is 10.1. The summed E-state index contributed by atoms with van der Waals surface area (Å²) in [7, 11) is 3.14. The van der Waals surface area contributed by atoms with Crippen LogP contribution in [0.1, 0.15) is 18.2 Å². The zero-order chi connectivity index (χ0) is 19.7. The van der Waals surface area contributed by atoms with Gasteiger partial charge in [-0.1, -0.05) is 16.8 Å². The van der Waals surface area contributed by atoms with E-state index in [1.807, 2.05) is 18.2 Å². The number of benzene rings is 2. The van der Waals surface area contributed by atoms with Crippen LogP contribution in [-0.2, 0) is 4.79 Å². The van der Waals surface area contributed by atoms with E-state index >= 15 is 0 Å². The fraction of sp³-hybridized carbons (Fsp3) is 0.250. The molecule has 1 fully saturated rings. The van der Waals surface area contributed by atoms with E-state index in [4.69, 9.17) is 25.6 Å². The largest absolute Gasteiger partial charge is 0.493 e. The zero-order valence-electron chi connectivity index (χ0n) is 15.4. The quantitative estimate of drug-likeness (QED) is 0.647. The standard InChI is InChI=1S/C20H18ClN3O4/c1-26-16-8-7-15(10-17(16)27-2)24-11-13(9-18(24)25)19-22-20(28-23-19)12-3-5-14(21)6-4-12/h3-8,10,13H,9,11H2,1-2H3/t13-/m0/s1. The number of carbonyl (C=O) groups excluding carboxylic acids is 1. The fourth-order valence-electron chi connectivity index (χ4n) is 3.23. The van der Waals surface area contributed by atoms with Crippen LogP contribution in [0.2, 0.25) is 5.02 Å². The Labute approximate surface area is 166 Å². The number of aromatic nitrogens is 2. The Morgan fingerprint density at radius 1 is 1.11 bits per heavy atom. The van der Waals surface area contributed by atoms with Crippen LogP contribution in [-0.4, -0.2) is 36.8 Å². The molecule has 4 rings (SSSR count). The lowest BCUT2D eigenvalue weighted by Gasteiger charge is -2.18. The Bertz CT molecular complexity index is 1000. The molecule has 0 bridgehead atoms. The number of amides is 1. The highest BCUT2D eigenvalue weighted by atomic mass is 35.5. The minimum Gasteiger partial charge on any atom is -0.493 e. The van der Waals surface area contributed by atoms with Crippen molar-refractivity contribution in [3.05, 3.63) is 53.3 Å². The van der Waals surface area contributed by atoms with Crippen molar-refractivity contribution >= 4 is 23.2 Å². The second kappa shape index (κ2) is 7.52. The summed E-state index contributed by atoms with van der Waals surface area (Å²) in [4.78, 5) is 18.8. The van der Waals surface area contributed by atoms with Gasteiger partial charge in [-0.3, -0.25) is 4.79 Å². The maximum absolute atomic E-state index is 12.6. The average Bonchev–Trinajstić information content (AvgIpc) is 3.35. The first-order chi connectivity index (χ1) is 13.6. The van der Waals surface area contributed by atoms with Crippen molar-refractivity contribution in [1.29, 1.82) is 0 Å². The summed E-state index contributed by atoms with van der Waals surface area (Å²) in [5.41, 5.74) is 1.52. The normalized spacial score (nSPS) is 16.5. The van der Waals surface area contributed by atoms with Gasteiger partial charge in [-0.25, -0.2) is 0 Å². The van der Waals surface area contributed by atoms with E-state index in [1.165, 1.54) is 0 Å². The molecule has 2 aromatic carbocycles. The van der Waals surface area contributed by atoms with Gasteiger partial charge in [0, 0.05) is 41.2 Å². The van der Waals surface area contributed by atoms with Crippen LogP contribution >= 0.6 is 11.6 Å². The number of hydrogen-bond acceptors (Lipinski definition) is 6. The Kier molecular flexibility index (Phi) is 4.92. The predicted molar refractivity (Wildman–Crippen MR) is 104 cm³/mol. The molecule has 2 heterocycles. The van der Waals surface area contributed by atoms with E-state index in [0.717, 1.165) is 11.3 Å². The van der Waals surface area contributed by atoms with Gasteiger partial charge >= 0.3 is 0 Å². The second-order valence-corrected chi connectivity index (χ2v) is 6.85. The van der Waals surface area contributed by atoms with E-state index in [-0.39, 0.29) is 11.8 Å². The van der Waals surface area contributed by atoms with Gasteiger partial charge < -0.3 is 18.9 Å². The van der Waals surface area contributed by atoms with E-state index in [0.29, 0.717) is 41.2 Å². The molecule has 1 aromatic heterocycles. The number of anilines is 1. The molecule has 144 valence electrons. The highest BCUT2D eigenvalue weighted by Crippen LogP contribution is 2.36. The molecular formula is C20H18ClN3O4. The molecule has 1 aliphatic rings. The Hall–Kier alpha value is -3.06. The average molecular weight is 400 g/mol. The van der Waals surface area contributed by atoms with E-state index in [2.05, 4.69) is 10.1 Å². The molecule has 7 nitrogen and oxygen atoms in total. The summed E-state index contributed by atoms with van der Waals surface area (Å²) in [5.74, 6) is 1.95. The monoisotopic (exact) mass is 399 g/mol. The van der Waals surface area contributed by atoms with Crippen molar-refractivity contribution in [2.45, 2.75) is 12.3 Å². The summed E-state index contributed by atoms with van der Waals surface area (Å²) in [6.07, 6.45) is 0.313. The molecule has 28 heavy (non-hydrogen) atoms. The van der Waals surface area contributed by atoms with Crippen LogP contribution in [0.15, 0.2) is 47.0 Å². The minimum absolute atomic E-state index is 0.00457. The minimum atomic E-state index is -0.148. The third kappa shape index (κ3) is 3.41. The van der Waals surface area contributed by atoms with E-state index < -0.39 is 0 Å². The summed E-state index contributed by atoms with van der Waals surface area (Å²) < 4.78 is 16.0. The molecule has 1 atom stereocenters. The smallest absolute Gasteiger partial charge is 0.257 e. The summed E-state index contributed by atoms with van der Waals surface area (Å²) in [6, 6.07) is 12.6. The van der Waals surface area contributed by atoms with Crippen LogP contribution in [0.5, 0.6) is 11.5 Å². The van der Waals surface area contributed by atoms with Gasteiger partial charge in [0.2, 0.25) is 5.91 Å². The van der Waals surface area contributed by atoms with Gasteiger partial charge in [0.25, 0.3) is 5.89 Å². The number of rotatable bonds is 5. The van der Waals surface area contributed by atoms with Crippen molar-refractivity contribution in [3.8, 4) is 23.0 Å². The molecule has 0 saturated carbocycles. The highest BCUT2D eigenvalue weighted by Gasteiger charge is 2.35. The number of methoxy groups -OCH3 is 2. The molecule has 0 N–H and O–H groups in total. The molecule has 0 spiro atoms. The van der Waals surface area contributed by atoms with Crippen LogP contribution in [0, 0.1) is 0 Å². The Morgan fingerprint density at radius 3 is 2.57 bits per heavy atom. The summed E-state index contributed by atoms with van der Waals surface area (Å²) in [5, 5.41) is 4.71. The number of ether oxygens (including phenoxy) is 2. The van der Waals surface area contributed by atoms with Crippen molar-refractivity contribution < 1.29 is 18.8 Å². The number of halogens is 1. The van der Waals surface area contributed by atoms with Gasteiger partial charge in [-0.2, -0.15) is 4.98 Å². The molecule has 0 unspecified atom stereocenters. The van der Waals surface area contributed by atoms with Crippen LogP contribution in [0.3, 0.4) is 0 Å². The first-order valence-electron chi connectivity index (χ1n) is 8.71.